The Morgan fingerprint density at radius 1 is 0.800 bits per heavy atom. The molecule has 20 heavy (non-hydrogen) atoms. The first-order valence-corrected chi connectivity index (χ1v) is 11.0. The highest BCUT2D eigenvalue weighted by Gasteiger charge is 2.25. The van der Waals surface area contributed by atoms with E-state index in [0.29, 0.717) is 0 Å². The zero-order valence-electron chi connectivity index (χ0n) is 14.9. The molecule has 5 heteroatoms. The summed E-state index contributed by atoms with van der Waals surface area (Å²) in [6.45, 7) is 12.3. The van der Waals surface area contributed by atoms with Gasteiger partial charge in [0.05, 0.1) is 0 Å². The molecule has 0 saturated heterocycles. The van der Waals surface area contributed by atoms with E-state index in [1.807, 2.05) is 0 Å². The lowest BCUT2D eigenvalue weighted by Gasteiger charge is -2.31. The smallest absolute Gasteiger partial charge is 0.200 e. The SMILES string of the molecule is CCO[Si](C)(C)CN(CCCN(C)C)CCCN(C)C. The van der Waals surface area contributed by atoms with E-state index in [4.69, 9.17) is 4.43 Å². The zero-order chi connectivity index (χ0) is 15.6. The molecule has 0 aromatic rings. The summed E-state index contributed by atoms with van der Waals surface area (Å²) in [5.74, 6) is 0. The second kappa shape index (κ2) is 10.7. The third-order valence-corrected chi connectivity index (χ3v) is 5.58. The standard InChI is InChI=1S/C15H37N3OSi/c1-8-19-20(6,7)15-18(13-9-11-16(2)3)14-10-12-17(4)5/h8-15H2,1-7H3. The fourth-order valence-corrected chi connectivity index (χ4v) is 4.73. The molecule has 0 aromatic heterocycles. The molecule has 4 nitrogen and oxygen atoms in total. The van der Waals surface area contributed by atoms with E-state index in [-0.39, 0.29) is 0 Å². The van der Waals surface area contributed by atoms with E-state index in [1.54, 1.807) is 0 Å². The van der Waals surface area contributed by atoms with Gasteiger partial charge in [-0.2, -0.15) is 0 Å². The molecule has 0 aliphatic heterocycles. The van der Waals surface area contributed by atoms with Crippen LogP contribution in [0.5, 0.6) is 0 Å². The highest BCUT2D eigenvalue weighted by atomic mass is 28.4. The molecule has 0 atom stereocenters. The van der Waals surface area contributed by atoms with Crippen molar-refractivity contribution >= 4 is 8.32 Å². The highest BCUT2D eigenvalue weighted by Crippen LogP contribution is 2.08. The zero-order valence-corrected chi connectivity index (χ0v) is 15.9. The van der Waals surface area contributed by atoms with Gasteiger partial charge in [-0.1, -0.05) is 0 Å². The maximum absolute atomic E-state index is 5.99. The summed E-state index contributed by atoms with van der Waals surface area (Å²) in [5, 5.41) is 0. The predicted molar refractivity (Wildman–Crippen MR) is 91.9 cm³/mol. The van der Waals surface area contributed by atoms with E-state index in [0.717, 1.165) is 12.8 Å². The molecular formula is C15H37N3OSi. The average molecular weight is 304 g/mol. The van der Waals surface area contributed by atoms with Crippen molar-refractivity contribution in [1.29, 1.82) is 0 Å². The monoisotopic (exact) mass is 303 g/mol. The van der Waals surface area contributed by atoms with Crippen LogP contribution in [0.15, 0.2) is 0 Å². The molecule has 0 fully saturated rings. The fraction of sp³-hybridized carbons (Fsp3) is 1.00. The quantitative estimate of drug-likeness (QED) is 0.513. The van der Waals surface area contributed by atoms with Crippen LogP contribution in [-0.2, 0) is 4.43 Å². The van der Waals surface area contributed by atoms with Gasteiger partial charge in [0.2, 0.25) is 0 Å². The summed E-state index contributed by atoms with van der Waals surface area (Å²) >= 11 is 0. The number of hydrogen-bond donors (Lipinski definition) is 0. The molecule has 0 amide bonds. The summed E-state index contributed by atoms with van der Waals surface area (Å²) in [6.07, 6.45) is 3.64. The predicted octanol–water partition coefficient (Wildman–Crippen LogP) is 1.97. The number of rotatable bonds is 12. The van der Waals surface area contributed by atoms with E-state index in [9.17, 15) is 0 Å². The van der Waals surface area contributed by atoms with Crippen LogP contribution in [0.2, 0.25) is 13.1 Å². The van der Waals surface area contributed by atoms with E-state index in [1.165, 1.54) is 39.0 Å². The Balaban J connectivity index is 4.22. The molecule has 0 bridgehead atoms. The summed E-state index contributed by atoms with van der Waals surface area (Å²) in [6, 6.07) is 0. The Bertz CT molecular complexity index is 221. The number of nitrogens with zero attached hydrogens (tertiary/aromatic N) is 3. The molecule has 0 radical (unpaired) electrons. The third kappa shape index (κ3) is 11.8. The van der Waals surface area contributed by atoms with Crippen LogP contribution in [0.4, 0.5) is 0 Å². The first-order valence-electron chi connectivity index (χ1n) is 7.92. The lowest BCUT2D eigenvalue weighted by molar-refractivity contribution is 0.244. The minimum absolute atomic E-state index is 0.850. The highest BCUT2D eigenvalue weighted by molar-refractivity contribution is 6.71. The van der Waals surface area contributed by atoms with E-state index < -0.39 is 8.32 Å². The summed E-state index contributed by atoms with van der Waals surface area (Å²) in [4.78, 5) is 7.15. The van der Waals surface area contributed by atoms with Gasteiger partial charge in [0.25, 0.3) is 0 Å². The molecule has 0 aromatic carbocycles. The van der Waals surface area contributed by atoms with Crippen molar-refractivity contribution in [1.82, 2.24) is 14.7 Å². The van der Waals surface area contributed by atoms with Crippen molar-refractivity contribution < 1.29 is 4.43 Å². The molecule has 0 saturated carbocycles. The lowest BCUT2D eigenvalue weighted by atomic mass is 10.3. The van der Waals surface area contributed by atoms with Crippen LogP contribution in [0.3, 0.4) is 0 Å². The Morgan fingerprint density at radius 2 is 1.25 bits per heavy atom. The van der Waals surface area contributed by atoms with Crippen LogP contribution in [0.25, 0.3) is 0 Å². The fourth-order valence-electron chi connectivity index (χ4n) is 2.47. The van der Waals surface area contributed by atoms with Gasteiger partial charge >= 0.3 is 0 Å². The second-order valence-corrected chi connectivity index (χ2v) is 10.9. The van der Waals surface area contributed by atoms with Gasteiger partial charge in [-0.15, -0.1) is 0 Å². The van der Waals surface area contributed by atoms with Gasteiger partial charge in [0, 0.05) is 12.8 Å². The van der Waals surface area contributed by atoms with Gasteiger partial charge < -0.3 is 19.1 Å². The minimum atomic E-state index is -1.52. The van der Waals surface area contributed by atoms with E-state index in [2.05, 4.69) is 62.9 Å². The first kappa shape index (κ1) is 20.1. The van der Waals surface area contributed by atoms with Crippen molar-refractivity contribution in [3.63, 3.8) is 0 Å². The maximum Gasteiger partial charge on any atom is 0.200 e. The molecule has 0 rings (SSSR count). The Kier molecular flexibility index (Phi) is 10.8. The largest absolute Gasteiger partial charge is 0.416 e. The summed E-state index contributed by atoms with van der Waals surface area (Å²) in [7, 11) is 7.07. The van der Waals surface area contributed by atoms with Crippen LogP contribution in [-0.4, -0.2) is 90.2 Å². The second-order valence-electron chi connectivity index (χ2n) is 6.78. The van der Waals surface area contributed by atoms with Crippen LogP contribution < -0.4 is 0 Å². The Hall–Kier alpha value is 0.0569. The topological polar surface area (TPSA) is 19.0 Å². The Morgan fingerprint density at radius 3 is 1.60 bits per heavy atom. The van der Waals surface area contributed by atoms with Crippen molar-refractivity contribution in [3.8, 4) is 0 Å². The molecule has 0 unspecified atom stereocenters. The van der Waals surface area contributed by atoms with Gasteiger partial charge in [-0.3, -0.25) is 0 Å². The average Bonchev–Trinajstić information content (AvgIpc) is 2.26. The number of hydrogen-bond acceptors (Lipinski definition) is 4. The van der Waals surface area contributed by atoms with Gasteiger partial charge in [0.15, 0.2) is 8.32 Å². The van der Waals surface area contributed by atoms with Crippen LogP contribution in [0.1, 0.15) is 19.8 Å². The van der Waals surface area contributed by atoms with Crippen molar-refractivity contribution in [2.45, 2.75) is 32.9 Å². The molecular weight excluding hydrogens is 266 g/mol. The van der Waals surface area contributed by atoms with Crippen LogP contribution >= 0.6 is 0 Å². The summed E-state index contributed by atoms with van der Waals surface area (Å²) < 4.78 is 5.99. The molecule has 122 valence electrons. The van der Waals surface area contributed by atoms with Crippen molar-refractivity contribution in [3.05, 3.63) is 0 Å². The van der Waals surface area contributed by atoms with Gasteiger partial charge in [0.1, 0.15) is 0 Å². The molecule has 0 spiro atoms. The maximum atomic E-state index is 5.99. The van der Waals surface area contributed by atoms with Crippen LogP contribution in [0, 0.1) is 0 Å². The minimum Gasteiger partial charge on any atom is -0.416 e. The molecule has 0 aliphatic rings. The lowest BCUT2D eigenvalue weighted by Crippen LogP contribution is -2.46. The van der Waals surface area contributed by atoms with Gasteiger partial charge in [-0.05, 0) is 87.2 Å². The van der Waals surface area contributed by atoms with Crippen molar-refractivity contribution in [2.24, 2.45) is 0 Å². The Labute approximate surface area is 128 Å². The molecule has 0 aliphatic carbocycles. The first-order chi connectivity index (χ1) is 9.26. The molecule has 0 N–H and O–H groups in total. The summed E-state index contributed by atoms with van der Waals surface area (Å²) in [5.41, 5.74) is 0. The van der Waals surface area contributed by atoms with Gasteiger partial charge in [-0.25, -0.2) is 0 Å². The normalized spacial score (nSPS) is 12.9. The van der Waals surface area contributed by atoms with Crippen molar-refractivity contribution in [2.75, 3.05) is 67.1 Å². The van der Waals surface area contributed by atoms with E-state index >= 15 is 0 Å². The molecule has 0 heterocycles. The third-order valence-electron chi connectivity index (χ3n) is 3.30.